The predicted octanol–water partition coefficient (Wildman–Crippen LogP) is 4.42. The van der Waals surface area contributed by atoms with E-state index in [0.29, 0.717) is 15.6 Å². The monoisotopic (exact) mass is 349 g/mol. The summed E-state index contributed by atoms with van der Waals surface area (Å²) in [6.07, 6.45) is 1.76. The molecular weight excluding hydrogens is 340 g/mol. The van der Waals surface area contributed by atoms with Crippen molar-refractivity contribution in [1.82, 2.24) is 14.6 Å². The Bertz CT molecular complexity index is 1050. The molecule has 0 amide bonds. The molecule has 4 N–H and O–H groups in total. The van der Waals surface area contributed by atoms with Gasteiger partial charge in [-0.05, 0) is 30.3 Å². The fourth-order valence-corrected chi connectivity index (χ4v) is 2.95. The van der Waals surface area contributed by atoms with Gasteiger partial charge in [-0.15, -0.1) is 0 Å². The zero-order valence-corrected chi connectivity index (χ0v) is 13.1. The van der Waals surface area contributed by atoms with Crippen molar-refractivity contribution in [1.29, 1.82) is 0 Å². The number of nitrogens with two attached hydrogens (primary N) is 1. The van der Waals surface area contributed by atoms with Crippen LogP contribution in [0.4, 0.5) is 16.0 Å². The quantitative estimate of drug-likeness (QED) is 0.469. The van der Waals surface area contributed by atoms with Gasteiger partial charge in [0.05, 0.1) is 10.7 Å². The van der Waals surface area contributed by atoms with E-state index in [9.17, 15) is 4.39 Å². The molecule has 0 atom stereocenters. The summed E-state index contributed by atoms with van der Waals surface area (Å²) in [6.45, 7) is 0. The molecule has 2 aromatic carbocycles. The number of aromatic amines is 1. The molecule has 0 fully saturated rings. The molecule has 4 aromatic rings. The highest BCUT2D eigenvalue weighted by atomic mass is 35.5. The molecule has 0 saturated carbocycles. The molecule has 0 saturated heterocycles. The molecule has 2 aromatic heterocycles. The molecule has 23 heavy (non-hydrogen) atoms. The van der Waals surface area contributed by atoms with Crippen LogP contribution < -0.4 is 11.2 Å². The molecule has 2 heterocycles. The van der Waals surface area contributed by atoms with Crippen molar-refractivity contribution in [3.8, 4) is 0 Å². The second kappa shape index (κ2) is 5.04. The maximum Gasteiger partial charge on any atom is 0.227 e. The second-order valence-corrected chi connectivity index (χ2v) is 5.89. The number of hydrogen-bond donors (Lipinski definition) is 3. The fraction of sp³-hybridized carbons (Fsp3) is 0. The molecule has 0 aliphatic rings. The van der Waals surface area contributed by atoms with Crippen molar-refractivity contribution in [2.24, 2.45) is 0 Å². The van der Waals surface area contributed by atoms with Gasteiger partial charge in [-0.25, -0.2) is 14.1 Å². The first-order valence-electron chi connectivity index (χ1n) is 6.70. The van der Waals surface area contributed by atoms with Gasteiger partial charge in [0.25, 0.3) is 0 Å². The highest BCUT2D eigenvalue weighted by molar-refractivity contribution is 6.35. The number of benzene rings is 2. The summed E-state index contributed by atoms with van der Waals surface area (Å²) in [5.74, 6) is 5.79. The lowest BCUT2D eigenvalue weighted by molar-refractivity contribution is 0.637. The van der Waals surface area contributed by atoms with Crippen molar-refractivity contribution < 1.29 is 4.39 Å². The Balaban J connectivity index is 1.86. The van der Waals surface area contributed by atoms with Crippen LogP contribution in [0.15, 0.2) is 36.5 Å². The standard InChI is InChI=1S/C15H10Cl2FN5/c16-7-1-4-11-8(5-7)12(6-20-11)21-15-22-13-10(18)3-2-9(17)14(13)23(15)19/h1-6,20H,19H2,(H,21,22). The van der Waals surface area contributed by atoms with Crippen LogP contribution in [0.2, 0.25) is 10.0 Å². The summed E-state index contributed by atoms with van der Waals surface area (Å²) in [6, 6.07) is 8.17. The molecule has 4 rings (SSSR count). The predicted molar refractivity (Wildman–Crippen MR) is 91.4 cm³/mol. The van der Waals surface area contributed by atoms with Crippen LogP contribution in [-0.2, 0) is 0 Å². The summed E-state index contributed by atoms with van der Waals surface area (Å²) in [5.41, 5.74) is 2.06. The van der Waals surface area contributed by atoms with Gasteiger partial charge < -0.3 is 16.1 Å². The molecule has 0 aliphatic heterocycles. The third-order valence-electron chi connectivity index (χ3n) is 3.63. The van der Waals surface area contributed by atoms with Gasteiger partial charge in [0.15, 0.2) is 5.82 Å². The number of nitrogen functional groups attached to an aromatic ring is 1. The first-order valence-corrected chi connectivity index (χ1v) is 7.45. The minimum absolute atomic E-state index is 0.111. The molecule has 8 heteroatoms. The van der Waals surface area contributed by atoms with Crippen LogP contribution in [-0.4, -0.2) is 14.6 Å². The van der Waals surface area contributed by atoms with Crippen molar-refractivity contribution in [2.45, 2.75) is 0 Å². The number of rotatable bonds is 2. The van der Waals surface area contributed by atoms with Gasteiger partial charge in [0.2, 0.25) is 5.95 Å². The maximum absolute atomic E-state index is 13.9. The second-order valence-electron chi connectivity index (χ2n) is 5.05. The van der Waals surface area contributed by atoms with Crippen LogP contribution in [0.5, 0.6) is 0 Å². The lowest BCUT2D eigenvalue weighted by Crippen LogP contribution is -2.11. The Morgan fingerprint density at radius 3 is 2.83 bits per heavy atom. The van der Waals surface area contributed by atoms with E-state index in [1.807, 2.05) is 12.1 Å². The molecular formula is C15H10Cl2FN5. The van der Waals surface area contributed by atoms with Crippen molar-refractivity contribution in [3.05, 3.63) is 52.4 Å². The average molecular weight is 350 g/mol. The molecule has 0 bridgehead atoms. The van der Waals surface area contributed by atoms with Gasteiger partial charge in [0.1, 0.15) is 11.0 Å². The number of fused-ring (bicyclic) bond motifs is 2. The zero-order valence-electron chi connectivity index (χ0n) is 11.6. The van der Waals surface area contributed by atoms with Crippen molar-refractivity contribution in [3.63, 3.8) is 0 Å². The van der Waals surface area contributed by atoms with Gasteiger partial charge in [-0.1, -0.05) is 23.2 Å². The van der Waals surface area contributed by atoms with E-state index in [-0.39, 0.29) is 11.5 Å². The van der Waals surface area contributed by atoms with E-state index in [1.165, 1.54) is 16.8 Å². The normalized spacial score (nSPS) is 11.4. The van der Waals surface area contributed by atoms with Gasteiger partial charge in [0, 0.05) is 22.1 Å². The zero-order chi connectivity index (χ0) is 16.1. The number of nitrogens with zero attached hydrogens (tertiary/aromatic N) is 2. The summed E-state index contributed by atoms with van der Waals surface area (Å²) in [7, 11) is 0. The number of aromatic nitrogens is 3. The highest BCUT2D eigenvalue weighted by Gasteiger charge is 2.16. The van der Waals surface area contributed by atoms with Gasteiger partial charge in [-0.2, -0.15) is 0 Å². The van der Waals surface area contributed by atoms with E-state index >= 15 is 0 Å². The number of H-pyrrole nitrogens is 1. The average Bonchev–Trinajstić information content (AvgIpc) is 3.07. The molecule has 5 nitrogen and oxygen atoms in total. The largest absolute Gasteiger partial charge is 0.359 e. The van der Waals surface area contributed by atoms with E-state index in [2.05, 4.69) is 15.3 Å². The highest BCUT2D eigenvalue weighted by Crippen LogP contribution is 2.31. The smallest absolute Gasteiger partial charge is 0.227 e. The van der Waals surface area contributed by atoms with Crippen molar-refractivity contribution >= 4 is 56.8 Å². The molecule has 0 aliphatic carbocycles. The van der Waals surface area contributed by atoms with Crippen molar-refractivity contribution in [2.75, 3.05) is 11.2 Å². The summed E-state index contributed by atoms with van der Waals surface area (Å²) in [5, 5.41) is 4.88. The SMILES string of the molecule is Nn1c(Nc2c[nH]c3ccc(Cl)cc23)nc2c(F)ccc(Cl)c21. The summed E-state index contributed by atoms with van der Waals surface area (Å²) in [4.78, 5) is 7.31. The fourth-order valence-electron chi connectivity index (χ4n) is 2.54. The van der Waals surface area contributed by atoms with Crippen LogP contribution in [0.3, 0.4) is 0 Å². The first-order chi connectivity index (χ1) is 11.0. The molecule has 0 radical (unpaired) electrons. The molecule has 0 unspecified atom stereocenters. The molecule has 116 valence electrons. The minimum Gasteiger partial charge on any atom is -0.359 e. The Labute approximate surface area is 139 Å². The first kappa shape index (κ1) is 14.2. The number of anilines is 2. The van der Waals surface area contributed by atoms with Crippen LogP contribution in [0.1, 0.15) is 0 Å². The van der Waals surface area contributed by atoms with Crippen LogP contribution in [0, 0.1) is 5.82 Å². The summed E-state index contributed by atoms with van der Waals surface area (Å²) >= 11 is 12.1. The van der Waals surface area contributed by atoms with E-state index < -0.39 is 5.82 Å². The van der Waals surface area contributed by atoms with E-state index in [0.717, 1.165) is 16.6 Å². The number of halogens is 3. The van der Waals surface area contributed by atoms with E-state index in [1.54, 1.807) is 12.3 Å². The lowest BCUT2D eigenvalue weighted by Gasteiger charge is -2.05. The topological polar surface area (TPSA) is 71.7 Å². The van der Waals surface area contributed by atoms with Crippen LogP contribution >= 0.6 is 23.2 Å². The minimum atomic E-state index is -0.487. The molecule has 0 spiro atoms. The Morgan fingerprint density at radius 2 is 2.04 bits per heavy atom. The Kier molecular flexibility index (Phi) is 3.11. The lowest BCUT2D eigenvalue weighted by atomic mass is 10.2. The number of hydrogen-bond acceptors (Lipinski definition) is 3. The van der Waals surface area contributed by atoms with Gasteiger partial charge >= 0.3 is 0 Å². The number of imidazole rings is 1. The number of nitrogens with one attached hydrogen (secondary N) is 2. The Hall–Kier alpha value is -2.44. The van der Waals surface area contributed by atoms with E-state index in [4.69, 9.17) is 29.0 Å². The summed E-state index contributed by atoms with van der Waals surface area (Å²) < 4.78 is 15.1. The van der Waals surface area contributed by atoms with Gasteiger partial charge in [-0.3, -0.25) is 0 Å². The Morgan fingerprint density at radius 1 is 1.22 bits per heavy atom. The maximum atomic E-state index is 13.9. The third-order valence-corrected chi connectivity index (χ3v) is 4.17. The third kappa shape index (κ3) is 2.18. The van der Waals surface area contributed by atoms with Crippen LogP contribution in [0.25, 0.3) is 21.9 Å².